The van der Waals surface area contributed by atoms with E-state index in [0.717, 1.165) is 25.9 Å². The fraction of sp³-hybridized carbons (Fsp3) is 0.955. The Kier molecular flexibility index (Phi) is 13.8. The van der Waals surface area contributed by atoms with Crippen molar-refractivity contribution < 1.29 is 14.2 Å². The molecule has 1 aliphatic rings. The maximum Gasteiger partial charge on any atom is 0.282 e. The normalized spacial score (nSPS) is 14.8. The van der Waals surface area contributed by atoms with Crippen LogP contribution in [0.2, 0.25) is 0 Å². The summed E-state index contributed by atoms with van der Waals surface area (Å²) in [6.07, 6.45) is 12.0. The number of aliphatic imine (C=N–C) groups is 1. The molecule has 0 radical (unpaired) electrons. The fourth-order valence-electron chi connectivity index (χ4n) is 3.79. The largest absolute Gasteiger partial charge is 0.359 e. The highest BCUT2D eigenvalue weighted by Crippen LogP contribution is 2.24. The first kappa shape index (κ1) is 24.4. The lowest BCUT2D eigenvalue weighted by molar-refractivity contribution is -0.380. The van der Waals surface area contributed by atoms with E-state index in [9.17, 15) is 0 Å². The Hall–Kier alpha value is -0.650. The second-order valence-electron chi connectivity index (χ2n) is 7.24. The standard InChI is InChI=1S/C22H44N2O3/c1-5-19-24-20-18-23-21(24)16-14-12-10-9-11-13-15-17-22(25-6-2,26-7-3)27-8-4/h5-20H2,1-4H3. The Morgan fingerprint density at radius 3 is 1.93 bits per heavy atom. The van der Waals surface area contributed by atoms with Crippen molar-refractivity contribution in [1.29, 1.82) is 0 Å². The van der Waals surface area contributed by atoms with Crippen LogP contribution < -0.4 is 0 Å². The molecule has 5 heteroatoms. The molecule has 0 aromatic heterocycles. The average Bonchev–Trinajstić information content (AvgIpc) is 3.08. The maximum atomic E-state index is 5.79. The average molecular weight is 385 g/mol. The van der Waals surface area contributed by atoms with Gasteiger partial charge in [0.25, 0.3) is 5.97 Å². The minimum absolute atomic E-state index is 0.612. The van der Waals surface area contributed by atoms with Crippen LogP contribution in [0.15, 0.2) is 4.99 Å². The first-order chi connectivity index (χ1) is 13.2. The third-order valence-corrected chi connectivity index (χ3v) is 5.00. The van der Waals surface area contributed by atoms with Gasteiger partial charge in [0, 0.05) is 45.8 Å². The van der Waals surface area contributed by atoms with E-state index in [1.54, 1.807) is 0 Å². The molecular formula is C22H44N2O3. The van der Waals surface area contributed by atoms with E-state index < -0.39 is 5.97 Å². The van der Waals surface area contributed by atoms with Crippen LogP contribution in [0.4, 0.5) is 0 Å². The number of unbranched alkanes of at least 4 members (excludes halogenated alkanes) is 6. The third kappa shape index (κ3) is 9.91. The molecule has 1 aliphatic heterocycles. The molecule has 0 amide bonds. The van der Waals surface area contributed by atoms with Gasteiger partial charge in [0.15, 0.2) is 0 Å². The van der Waals surface area contributed by atoms with Gasteiger partial charge in [-0.2, -0.15) is 0 Å². The Bertz CT molecular complexity index is 371. The third-order valence-electron chi connectivity index (χ3n) is 5.00. The summed E-state index contributed by atoms with van der Waals surface area (Å²) < 4.78 is 17.4. The van der Waals surface area contributed by atoms with Crippen LogP contribution in [0.25, 0.3) is 0 Å². The van der Waals surface area contributed by atoms with E-state index in [0.29, 0.717) is 19.8 Å². The number of rotatable bonds is 18. The van der Waals surface area contributed by atoms with Crippen LogP contribution in [0, 0.1) is 0 Å². The van der Waals surface area contributed by atoms with Gasteiger partial charge in [-0.15, -0.1) is 0 Å². The highest BCUT2D eigenvalue weighted by molar-refractivity contribution is 5.83. The summed E-state index contributed by atoms with van der Waals surface area (Å²) in [7, 11) is 0. The van der Waals surface area contributed by atoms with E-state index in [1.807, 2.05) is 20.8 Å². The smallest absolute Gasteiger partial charge is 0.282 e. The van der Waals surface area contributed by atoms with Crippen molar-refractivity contribution >= 4 is 5.84 Å². The predicted octanol–water partition coefficient (Wildman–Crippen LogP) is 5.38. The molecule has 0 bridgehead atoms. The summed E-state index contributed by atoms with van der Waals surface area (Å²) in [5, 5.41) is 0. The summed E-state index contributed by atoms with van der Waals surface area (Å²) in [6, 6.07) is 0. The first-order valence-corrected chi connectivity index (χ1v) is 11.4. The molecule has 0 N–H and O–H groups in total. The van der Waals surface area contributed by atoms with Crippen molar-refractivity contribution in [2.45, 2.75) is 97.9 Å². The van der Waals surface area contributed by atoms with Gasteiger partial charge in [-0.25, -0.2) is 0 Å². The van der Waals surface area contributed by atoms with Crippen molar-refractivity contribution in [2.24, 2.45) is 4.99 Å². The predicted molar refractivity (Wildman–Crippen MR) is 113 cm³/mol. The fourth-order valence-corrected chi connectivity index (χ4v) is 3.79. The van der Waals surface area contributed by atoms with Crippen LogP contribution >= 0.6 is 0 Å². The van der Waals surface area contributed by atoms with E-state index >= 15 is 0 Å². The van der Waals surface area contributed by atoms with Crippen molar-refractivity contribution in [2.75, 3.05) is 39.5 Å². The monoisotopic (exact) mass is 384 g/mol. The lowest BCUT2D eigenvalue weighted by Crippen LogP contribution is -2.39. The second-order valence-corrected chi connectivity index (χ2v) is 7.24. The highest BCUT2D eigenvalue weighted by Gasteiger charge is 2.31. The quantitative estimate of drug-likeness (QED) is 0.235. The topological polar surface area (TPSA) is 43.3 Å². The number of nitrogens with zero attached hydrogens (tertiary/aromatic N) is 2. The Morgan fingerprint density at radius 2 is 1.37 bits per heavy atom. The van der Waals surface area contributed by atoms with Gasteiger partial charge < -0.3 is 19.1 Å². The van der Waals surface area contributed by atoms with Crippen LogP contribution in [-0.2, 0) is 14.2 Å². The van der Waals surface area contributed by atoms with Crippen LogP contribution in [0.5, 0.6) is 0 Å². The molecule has 0 aromatic carbocycles. The van der Waals surface area contributed by atoms with E-state index in [4.69, 9.17) is 14.2 Å². The van der Waals surface area contributed by atoms with Crippen molar-refractivity contribution in [1.82, 2.24) is 4.90 Å². The molecule has 1 rings (SSSR count). The van der Waals surface area contributed by atoms with Gasteiger partial charge in [0.2, 0.25) is 0 Å². The molecule has 0 saturated carbocycles. The Morgan fingerprint density at radius 1 is 0.815 bits per heavy atom. The summed E-state index contributed by atoms with van der Waals surface area (Å²) in [4.78, 5) is 7.14. The molecule has 0 aromatic rings. The first-order valence-electron chi connectivity index (χ1n) is 11.4. The lowest BCUT2D eigenvalue weighted by Gasteiger charge is -2.32. The van der Waals surface area contributed by atoms with Gasteiger partial charge >= 0.3 is 0 Å². The van der Waals surface area contributed by atoms with Crippen molar-refractivity contribution in [3.8, 4) is 0 Å². The Labute approximate surface area is 167 Å². The van der Waals surface area contributed by atoms with Gasteiger partial charge in [-0.05, 0) is 40.0 Å². The maximum absolute atomic E-state index is 5.79. The lowest BCUT2D eigenvalue weighted by atomic mass is 10.1. The minimum Gasteiger partial charge on any atom is -0.359 e. The molecule has 0 saturated heterocycles. The van der Waals surface area contributed by atoms with Crippen LogP contribution in [0.1, 0.15) is 91.9 Å². The summed E-state index contributed by atoms with van der Waals surface area (Å²) in [5.41, 5.74) is 0. The second kappa shape index (κ2) is 15.3. The van der Waals surface area contributed by atoms with Gasteiger partial charge in [0.1, 0.15) is 0 Å². The van der Waals surface area contributed by atoms with E-state index in [2.05, 4.69) is 16.8 Å². The molecule has 0 spiro atoms. The molecule has 160 valence electrons. The summed E-state index contributed by atoms with van der Waals surface area (Å²) in [6.45, 7) is 13.4. The van der Waals surface area contributed by atoms with Gasteiger partial charge in [-0.1, -0.05) is 39.0 Å². The van der Waals surface area contributed by atoms with Crippen LogP contribution in [0.3, 0.4) is 0 Å². The summed E-state index contributed by atoms with van der Waals surface area (Å²) >= 11 is 0. The number of ether oxygens (including phenoxy) is 3. The zero-order valence-electron chi connectivity index (χ0n) is 18.4. The SMILES string of the molecule is CCCN1CCN=C1CCCCCCCCCC(OCC)(OCC)OCC. The van der Waals surface area contributed by atoms with Crippen molar-refractivity contribution in [3.63, 3.8) is 0 Å². The molecule has 0 aliphatic carbocycles. The molecule has 0 fully saturated rings. The number of hydrogen-bond donors (Lipinski definition) is 0. The highest BCUT2D eigenvalue weighted by atomic mass is 16.9. The van der Waals surface area contributed by atoms with Crippen LogP contribution in [-0.4, -0.2) is 56.2 Å². The number of hydrogen-bond acceptors (Lipinski definition) is 5. The number of amidine groups is 1. The molecule has 5 nitrogen and oxygen atoms in total. The van der Waals surface area contributed by atoms with Gasteiger partial charge in [-0.3, -0.25) is 4.99 Å². The summed E-state index contributed by atoms with van der Waals surface area (Å²) in [5.74, 6) is 0.529. The zero-order chi connectivity index (χ0) is 19.8. The molecule has 0 atom stereocenters. The molecular weight excluding hydrogens is 340 g/mol. The Balaban J connectivity index is 2.07. The van der Waals surface area contributed by atoms with Gasteiger partial charge in [0.05, 0.1) is 12.4 Å². The zero-order valence-corrected chi connectivity index (χ0v) is 18.4. The molecule has 0 unspecified atom stereocenters. The minimum atomic E-state index is -0.829. The molecule has 27 heavy (non-hydrogen) atoms. The molecule has 1 heterocycles. The van der Waals surface area contributed by atoms with Crippen molar-refractivity contribution in [3.05, 3.63) is 0 Å². The van der Waals surface area contributed by atoms with E-state index in [1.165, 1.54) is 63.7 Å². The van der Waals surface area contributed by atoms with E-state index in [-0.39, 0.29) is 0 Å².